The van der Waals surface area contributed by atoms with Crippen molar-refractivity contribution in [1.82, 2.24) is 15.5 Å². The molecule has 40 heavy (non-hydrogen) atoms. The van der Waals surface area contributed by atoms with E-state index in [1.807, 2.05) is 42.5 Å². The van der Waals surface area contributed by atoms with Gasteiger partial charge in [0, 0.05) is 25.8 Å². The molecule has 1 aliphatic heterocycles. The van der Waals surface area contributed by atoms with E-state index in [0.717, 1.165) is 11.1 Å². The van der Waals surface area contributed by atoms with E-state index in [9.17, 15) is 25.2 Å². The van der Waals surface area contributed by atoms with Crippen molar-refractivity contribution in [3.05, 3.63) is 60.0 Å². The van der Waals surface area contributed by atoms with Gasteiger partial charge in [0.05, 0.1) is 25.9 Å². The Bertz CT molecular complexity index is 1220. The van der Waals surface area contributed by atoms with Crippen molar-refractivity contribution < 1.29 is 43.8 Å². The summed E-state index contributed by atoms with van der Waals surface area (Å²) in [6, 6.07) is 14.7. The first-order valence-electron chi connectivity index (χ1n) is 13.1. The third-order valence-electron chi connectivity index (χ3n) is 6.59. The monoisotopic (exact) mass is 557 g/mol. The van der Waals surface area contributed by atoms with E-state index in [1.165, 1.54) is 0 Å². The number of nitrogens with zero attached hydrogens (tertiary/aromatic N) is 2. The number of ether oxygens (including phenoxy) is 3. The number of carbonyl (C=O) groups excluding carboxylic acids is 1. The molecular weight excluding hydrogens is 522 g/mol. The van der Waals surface area contributed by atoms with E-state index in [0.29, 0.717) is 37.5 Å². The maximum absolute atomic E-state index is 12.1. The van der Waals surface area contributed by atoms with Crippen LogP contribution in [0.1, 0.15) is 24.0 Å². The van der Waals surface area contributed by atoms with Gasteiger partial charge in [-0.05, 0) is 41.3 Å². The molecule has 12 heteroatoms. The van der Waals surface area contributed by atoms with Gasteiger partial charge in [0.25, 0.3) is 0 Å². The number of benzene rings is 2. The van der Waals surface area contributed by atoms with Gasteiger partial charge >= 0.3 is 0 Å². The molecule has 0 aliphatic carbocycles. The van der Waals surface area contributed by atoms with Gasteiger partial charge in [-0.1, -0.05) is 30.3 Å². The number of aliphatic hydroxyl groups excluding tert-OH is 4. The summed E-state index contributed by atoms with van der Waals surface area (Å²) in [5.74, 6) is 0.229. The van der Waals surface area contributed by atoms with E-state index in [2.05, 4.69) is 15.5 Å². The molecule has 12 nitrogen and oxygen atoms in total. The zero-order valence-corrected chi connectivity index (χ0v) is 22.2. The predicted octanol–water partition coefficient (Wildman–Crippen LogP) is 0.630. The summed E-state index contributed by atoms with van der Waals surface area (Å²) in [5, 5.41) is 51.1. The number of methoxy groups -OCH3 is 1. The highest BCUT2D eigenvalue weighted by atomic mass is 16.5. The minimum atomic E-state index is -1.40. The molecular formula is C28H35N3O9. The molecule has 1 fully saturated rings. The average Bonchev–Trinajstić information content (AvgIpc) is 3.43. The number of aromatic nitrogens is 2. The molecule has 5 N–H and O–H groups in total. The van der Waals surface area contributed by atoms with Gasteiger partial charge in [-0.25, -0.2) is 0 Å². The number of rotatable bonds is 13. The Balaban J connectivity index is 1.37. The molecule has 216 valence electrons. The van der Waals surface area contributed by atoms with Gasteiger partial charge in [-0.2, -0.15) is 0 Å². The van der Waals surface area contributed by atoms with Crippen LogP contribution in [-0.4, -0.2) is 101 Å². The lowest BCUT2D eigenvalue weighted by molar-refractivity contribution is -0.227. The Labute approximate surface area is 231 Å². The van der Waals surface area contributed by atoms with E-state index in [4.69, 9.17) is 18.6 Å². The van der Waals surface area contributed by atoms with Crippen LogP contribution in [0.5, 0.6) is 0 Å². The second kappa shape index (κ2) is 14.4. The lowest BCUT2D eigenvalue weighted by Gasteiger charge is -2.41. The Morgan fingerprint density at radius 3 is 2.48 bits per heavy atom. The SMILES string of the molecule is COCCOCCNC(=O)Cc1nnc(-c2ccc(-c3cccc([C@H]4O[C@H](CCO)[C@@H](O)[C@H](O)[C@@H]4O)c3)cc2)o1. The predicted molar refractivity (Wildman–Crippen MR) is 142 cm³/mol. The summed E-state index contributed by atoms with van der Waals surface area (Å²) >= 11 is 0. The Kier molecular flexibility index (Phi) is 10.7. The summed E-state index contributed by atoms with van der Waals surface area (Å²) in [6.45, 7) is 1.48. The summed E-state index contributed by atoms with van der Waals surface area (Å²) in [6.07, 6.45) is -5.60. The Morgan fingerprint density at radius 1 is 0.950 bits per heavy atom. The van der Waals surface area contributed by atoms with E-state index in [-0.39, 0.29) is 37.1 Å². The number of carbonyl (C=O) groups is 1. The van der Waals surface area contributed by atoms with E-state index < -0.39 is 30.5 Å². The third kappa shape index (κ3) is 7.49. The molecule has 0 unspecified atom stereocenters. The van der Waals surface area contributed by atoms with Crippen LogP contribution in [0.25, 0.3) is 22.6 Å². The van der Waals surface area contributed by atoms with Crippen molar-refractivity contribution in [2.45, 2.75) is 43.4 Å². The summed E-state index contributed by atoms with van der Waals surface area (Å²) in [5.41, 5.74) is 3.02. The second-order valence-corrected chi connectivity index (χ2v) is 9.41. The lowest BCUT2D eigenvalue weighted by atomic mass is 9.89. The second-order valence-electron chi connectivity index (χ2n) is 9.41. The first-order chi connectivity index (χ1) is 19.4. The van der Waals surface area contributed by atoms with Gasteiger partial charge in [-0.15, -0.1) is 10.2 Å². The van der Waals surface area contributed by atoms with Crippen molar-refractivity contribution in [3.63, 3.8) is 0 Å². The van der Waals surface area contributed by atoms with Crippen LogP contribution in [0.2, 0.25) is 0 Å². The minimum absolute atomic E-state index is 0.0457. The van der Waals surface area contributed by atoms with Gasteiger partial charge in [0.2, 0.25) is 17.7 Å². The highest BCUT2D eigenvalue weighted by Crippen LogP contribution is 2.35. The van der Waals surface area contributed by atoms with E-state index in [1.54, 1.807) is 13.2 Å². The van der Waals surface area contributed by atoms with Crippen molar-refractivity contribution in [1.29, 1.82) is 0 Å². The van der Waals surface area contributed by atoms with Gasteiger partial charge in [0.15, 0.2) is 0 Å². The summed E-state index contributed by atoms with van der Waals surface area (Å²) in [7, 11) is 1.59. The first kappa shape index (κ1) is 29.7. The first-order valence-corrected chi connectivity index (χ1v) is 13.1. The summed E-state index contributed by atoms with van der Waals surface area (Å²) in [4.78, 5) is 12.1. The fourth-order valence-electron chi connectivity index (χ4n) is 4.44. The number of hydrogen-bond donors (Lipinski definition) is 5. The highest BCUT2D eigenvalue weighted by molar-refractivity contribution is 5.77. The van der Waals surface area contributed by atoms with Gasteiger partial charge in [0.1, 0.15) is 30.8 Å². The largest absolute Gasteiger partial charge is 0.420 e. The highest BCUT2D eigenvalue weighted by Gasteiger charge is 2.43. The molecule has 1 aromatic heterocycles. The Morgan fingerprint density at radius 2 is 1.73 bits per heavy atom. The molecule has 4 rings (SSSR count). The van der Waals surface area contributed by atoms with Crippen LogP contribution in [0.3, 0.4) is 0 Å². The van der Waals surface area contributed by atoms with Crippen molar-refractivity contribution in [2.24, 2.45) is 0 Å². The topological polar surface area (TPSA) is 177 Å². The third-order valence-corrected chi connectivity index (χ3v) is 6.59. The smallest absolute Gasteiger partial charge is 0.247 e. The number of nitrogens with one attached hydrogen (secondary N) is 1. The van der Waals surface area contributed by atoms with Crippen LogP contribution in [0.4, 0.5) is 0 Å². The van der Waals surface area contributed by atoms with Crippen molar-refractivity contribution in [3.8, 4) is 22.6 Å². The quantitative estimate of drug-likeness (QED) is 0.186. The molecule has 1 aliphatic rings. The minimum Gasteiger partial charge on any atom is -0.420 e. The molecule has 0 saturated carbocycles. The van der Waals surface area contributed by atoms with Crippen molar-refractivity contribution in [2.75, 3.05) is 40.1 Å². The fraction of sp³-hybridized carbons (Fsp3) is 0.464. The molecule has 0 radical (unpaired) electrons. The number of aliphatic hydroxyl groups is 4. The summed E-state index contributed by atoms with van der Waals surface area (Å²) < 4.78 is 21.7. The zero-order chi connectivity index (χ0) is 28.5. The maximum atomic E-state index is 12.1. The lowest BCUT2D eigenvalue weighted by Crippen LogP contribution is -2.54. The fourth-order valence-corrected chi connectivity index (χ4v) is 4.44. The normalized spacial score (nSPS) is 22.8. The van der Waals surface area contributed by atoms with Gasteiger partial charge in [-0.3, -0.25) is 4.79 Å². The van der Waals surface area contributed by atoms with Crippen LogP contribution >= 0.6 is 0 Å². The molecule has 3 aromatic rings. The van der Waals surface area contributed by atoms with Crippen molar-refractivity contribution >= 4 is 5.91 Å². The molecule has 0 bridgehead atoms. The van der Waals surface area contributed by atoms with Crippen LogP contribution in [0, 0.1) is 0 Å². The number of hydrogen-bond acceptors (Lipinski definition) is 11. The molecule has 5 atom stereocenters. The van der Waals surface area contributed by atoms with Gasteiger partial charge < -0.3 is 44.4 Å². The van der Waals surface area contributed by atoms with E-state index >= 15 is 0 Å². The molecule has 0 spiro atoms. The molecule has 2 heterocycles. The van der Waals surface area contributed by atoms with Crippen LogP contribution in [0.15, 0.2) is 52.9 Å². The standard InChI is InChI=1S/C28H35N3O9/c1-37-13-14-38-12-10-29-22(33)16-23-30-31-28(40-23)18-7-5-17(6-8-18)19-3-2-4-20(15-19)27-26(36)25(35)24(34)21(39-27)9-11-32/h2-8,15,21,24-27,32,34-36H,9-14,16H2,1H3,(H,29,33)/t21-,24-,25+,26+,27-/m1/s1. The zero-order valence-electron chi connectivity index (χ0n) is 22.2. The molecule has 1 amide bonds. The molecule has 2 aromatic carbocycles. The molecule has 1 saturated heterocycles. The average molecular weight is 558 g/mol. The van der Waals surface area contributed by atoms with Crippen LogP contribution < -0.4 is 5.32 Å². The Hall–Kier alpha value is -3.23. The number of amides is 1. The van der Waals surface area contributed by atoms with Crippen LogP contribution in [-0.2, 0) is 25.4 Å². The maximum Gasteiger partial charge on any atom is 0.247 e.